The molecule has 1 unspecified atom stereocenters. The summed E-state index contributed by atoms with van der Waals surface area (Å²) in [4.78, 5) is 11.0. The van der Waals surface area contributed by atoms with Gasteiger partial charge in [-0.15, -0.1) is 0 Å². The van der Waals surface area contributed by atoms with Crippen LogP contribution in [0, 0.1) is 6.92 Å². The lowest BCUT2D eigenvalue weighted by atomic mass is 10.1. The molecule has 0 aliphatic rings. The van der Waals surface area contributed by atoms with Crippen molar-refractivity contribution >= 4 is 5.91 Å². The summed E-state index contributed by atoms with van der Waals surface area (Å²) in [6, 6.07) is 8.19. The van der Waals surface area contributed by atoms with E-state index in [-0.39, 0.29) is 5.91 Å². The summed E-state index contributed by atoms with van der Waals surface area (Å²) < 4.78 is 0. The van der Waals surface area contributed by atoms with E-state index >= 15 is 0 Å². The highest BCUT2D eigenvalue weighted by Crippen LogP contribution is 2.02. The van der Waals surface area contributed by atoms with Crippen molar-refractivity contribution in [1.82, 2.24) is 5.32 Å². The van der Waals surface area contributed by atoms with Crippen LogP contribution in [0.3, 0.4) is 0 Å². The molecular weight excluding hydrogens is 190 g/mol. The third-order valence-electron chi connectivity index (χ3n) is 2.21. The molecule has 0 saturated heterocycles. The summed E-state index contributed by atoms with van der Waals surface area (Å²) in [7, 11) is 0. The van der Waals surface area contributed by atoms with E-state index in [0.717, 1.165) is 6.42 Å². The first-order valence-electron chi connectivity index (χ1n) is 5.11. The monoisotopic (exact) mass is 207 g/mol. The van der Waals surface area contributed by atoms with Gasteiger partial charge in [0.25, 0.3) is 0 Å². The van der Waals surface area contributed by atoms with Crippen LogP contribution in [0.2, 0.25) is 0 Å². The first-order chi connectivity index (χ1) is 7.09. The molecule has 1 rings (SSSR count). The quantitative estimate of drug-likeness (QED) is 0.775. The molecule has 0 bridgehead atoms. The molecule has 0 spiro atoms. The maximum absolute atomic E-state index is 11.0. The lowest BCUT2D eigenvalue weighted by Crippen LogP contribution is -2.33. The normalized spacial score (nSPS) is 12.2. The predicted molar refractivity (Wildman–Crippen MR) is 59.6 cm³/mol. The van der Waals surface area contributed by atoms with Crippen molar-refractivity contribution in [3.8, 4) is 0 Å². The molecule has 0 heterocycles. The Bertz CT molecular complexity index is 317. The molecule has 0 saturated carbocycles. The van der Waals surface area contributed by atoms with Gasteiger partial charge < -0.3 is 10.4 Å². The van der Waals surface area contributed by atoms with E-state index in [1.54, 1.807) is 0 Å². The molecule has 3 nitrogen and oxygen atoms in total. The van der Waals surface area contributed by atoms with E-state index in [2.05, 4.69) is 5.32 Å². The molecule has 0 radical (unpaired) electrons. The van der Waals surface area contributed by atoms with Gasteiger partial charge in [0, 0.05) is 6.54 Å². The third kappa shape index (κ3) is 4.13. The van der Waals surface area contributed by atoms with Crippen molar-refractivity contribution in [2.24, 2.45) is 0 Å². The van der Waals surface area contributed by atoms with Gasteiger partial charge in [0.2, 0.25) is 5.91 Å². The topological polar surface area (TPSA) is 49.3 Å². The van der Waals surface area contributed by atoms with E-state index < -0.39 is 6.10 Å². The molecule has 1 amide bonds. The van der Waals surface area contributed by atoms with Gasteiger partial charge in [0.05, 0.1) is 0 Å². The van der Waals surface area contributed by atoms with Crippen molar-refractivity contribution in [3.63, 3.8) is 0 Å². The zero-order chi connectivity index (χ0) is 11.3. The minimum Gasteiger partial charge on any atom is -0.384 e. The molecule has 1 atom stereocenters. The van der Waals surface area contributed by atoms with Crippen molar-refractivity contribution in [3.05, 3.63) is 35.4 Å². The fourth-order valence-corrected chi connectivity index (χ4v) is 1.23. The fraction of sp³-hybridized carbons (Fsp3) is 0.417. The minimum atomic E-state index is -0.928. The van der Waals surface area contributed by atoms with Gasteiger partial charge in [0.15, 0.2) is 0 Å². The summed E-state index contributed by atoms with van der Waals surface area (Å²) >= 11 is 0. The van der Waals surface area contributed by atoms with Gasteiger partial charge in [-0.2, -0.15) is 0 Å². The minimum absolute atomic E-state index is 0.317. The number of aliphatic hydroxyl groups is 1. The van der Waals surface area contributed by atoms with Crippen LogP contribution in [0.5, 0.6) is 0 Å². The predicted octanol–water partition coefficient (Wildman–Crippen LogP) is 1.03. The molecular formula is C12H17NO2. The van der Waals surface area contributed by atoms with E-state index in [9.17, 15) is 4.79 Å². The van der Waals surface area contributed by atoms with Crippen molar-refractivity contribution < 1.29 is 9.90 Å². The number of hydrogen-bond donors (Lipinski definition) is 2. The zero-order valence-corrected chi connectivity index (χ0v) is 9.16. The second-order valence-corrected chi connectivity index (χ2v) is 3.70. The summed E-state index contributed by atoms with van der Waals surface area (Å²) in [6.45, 7) is 4.06. The zero-order valence-electron chi connectivity index (χ0n) is 9.16. The average Bonchev–Trinajstić information content (AvgIpc) is 2.20. The maximum Gasteiger partial charge on any atom is 0.248 e. The van der Waals surface area contributed by atoms with Crippen molar-refractivity contribution in [2.45, 2.75) is 26.4 Å². The highest BCUT2D eigenvalue weighted by molar-refractivity contribution is 5.79. The molecule has 15 heavy (non-hydrogen) atoms. The first-order valence-corrected chi connectivity index (χ1v) is 5.11. The van der Waals surface area contributed by atoms with Crippen LogP contribution in [-0.4, -0.2) is 23.7 Å². The Morgan fingerprint density at radius 3 is 2.53 bits per heavy atom. The lowest BCUT2D eigenvalue weighted by molar-refractivity contribution is -0.128. The number of hydrogen-bond acceptors (Lipinski definition) is 2. The van der Waals surface area contributed by atoms with E-state index in [4.69, 9.17) is 5.11 Å². The largest absolute Gasteiger partial charge is 0.384 e. The van der Waals surface area contributed by atoms with E-state index in [1.165, 1.54) is 18.1 Å². The standard InChI is InChI=1S/C12H17NO2/c1-9-3-5-11(6-4-9)7-8-13-12(15)10(2)14/h3-6,10,14H,7-8H2,1-2H3,(H,13,15). The van der Waals surface area contributed by atoms with Gasteiger partial charge in [-0.05, 0) is 25.8 Å². The molecule has 3 heteroatoms. The number of carbonyl (C=O) groups is 1. The highest BCUT2D eigenvalue weighted by Gasteiger charge is 2.06. The molecule has 82 valence electrons. The van der Waals surface area contributed by atoms with Crippen LogP contribution in [0.25, 0.3) is 0 Å². The Morgan fingerprint density at radius 2 is 2.00 bits per heavy atom. The SMILES string of the molecule is Cc1ccc(CCNC(=O)C(C)O)cc1. The van der Waals surface area contributed by atoms with Crippen molar-refractivity contribution in [2.75, 3.05) is 6.54 Å². The summed E-state index contributed by atoms with van der Waals surface area (Å²) in [6.07, 6.45) is -0.137. The van der Waals surface area contributed by atoms with Gasteiger partial charge >= 0.3 is 0 Å². The molecule has 0 aliphatic heterocycles. The van der Waals surface area contributed by atoms with Gasteiger partial charge in [-0.25, -0.2) is 0 Å². The summed E-state index contributed by atoms with van der Waals surface area (Å²) in [5, 5.41) is 11.6. The Kier molecular flexibility index (Phi) is 4.31. The molecule has 0 aliphatic carbocycles. The van der Waals surface area contributed by atoms with Gasteiger partial charge in [-0.3, -0.25) is 4.79 Å². The van der Waals surface area contributed by atoms with Crippen LogP contribution in [0.4, 0.5) is 0 Å². The van der Waals surface area contributed by atoms with Crippen LogP contribution in [0.1, 0.15) is 18.1 Å². The summed E-state index contributed by atoms with van der Waals surface area (Å²) in [5.41, 5.74) is 2.42. The van der Waals surface area contributed by atoms with E-state index in [0.29, 0.717) is 6.54 Å². The molecule has 2 N–H and O–H groups in total. The third-order valence-corrected chi connectivity index (χ3v) is 2.21. The Morgan fingerprint density at radius 1 is 1.40 bits per heavy atom. The Labute approximate surface area is 90.1 Å². The van der Waals surface area contributed by atoms with Crippen LogP contribution in [-0.2, 0) is 11.2 Å². The maximum atomic E-state index is 11.0. The summed E-state index contributed by atoms with van der Waals surface area (Å²) in [5.74, 6) is -0.317. The molecule has 0 fully saturated rings. The number of rotatable bonds is 4. The first kappa shape index (κ1) is 11.7. The van der Waals surface area contributed by atoms with Gasteiger partial charge in [0.1, 0.15) is 6.10 Å². The van der Waals surface area contributed by atoms with Crippen LogP contribution < -0.4 is 5.32 Å². The number of nitrogens with one attached hydrogen (secondary N) is 1. The number of aryl methyl sites for hydroxylation is 1. The fourth-order valence-electron chi connectivity index (χ4n) is 1.23. The van der Waals surface area contributed by atoms with Crippen LogP contribution in [0.15, 0.2) is 24.3 Å². The number of amides is 1. The molecule has 0 aromatic heterocycles. The lowest BCUT2D eigenvalue weighted by Gasteiger charge is -2.07. The smallest absolute Gasteiger partial charge is 0.248 e. The van der Waals surface area contributed by atoms with E-state index in [1.807, 2.05) is 31.2 Å². The number of carbonyl (C=O) groups excluding carboxylic acids is 1. The highest BCUT2D eigenvalue weighted by atomic mass is 16.3. The van der Waals surface area contributed by atoms with Gasteiger partial charge in [-0.1, -0.05) is 29.8 Å². The van der Waals surface area contributed by atoms with Crippen molar-refractivity contribution in [1.29, 1.82) is 0 Å². The Hall–Kier alpha value is -1.35. The molecule has 1 aromatic rings. The van der Waals surface area contributed by atoms with Crippen LogP contribution >= 0.6 is 0 Å². The number of benzene rings is 1. The second-order valence-electron chi connectivity index (χ2n) is 3.70. The average molecular weight is 207 g/mol. The molecule has 1 aromatic carbocycles. The second kappa shape index (κ2) is 5.51. The number of aliphatic hydroxyl groups excluding tert-OH is 1. The Balaban J connectivity index is 2.32.